The van der Waals surface area contributed by atoms with E-state index in [0.717, 1.165) is 19.3 Å². The average molecular weight is 575 g/mol. The van der Waals surface area contributed by atoms with Gasteiger partial charge in [0.1, 0.15) is 5.78 Å². The first-order valence-electron chi connectivity index (χ1n) is 13.7. The number of urea groups is 1. The molecule has 16 nitrogen and oxygen atoms in total. The van der Waals surface area contributed by atoms with Gasteiger partial charge >= 0.3 is 6.03 Å². The molecular formula is C24H46N8O8. The van der Waals surface area contributed by atoms with Crippen LogP contribution in [0.15, 0.2) is 10.2 Å². The van der Waals surface area contributed by atoms with E-state index in [2.05, 4.69) is 30.7 Å². The van der Waals surface area contributed by atoms with Crippen LogP contribution in [0.2, 0.25) is 0 Å². The molecule has 0 aliphatic carbocycles. The third kappa shape index (κ3) is 31.5. The highest BCUT2D eigenvalue weighted by Gasteiger charge is 2.03. The number of hydrogen-bond donors (Lipinski definition) is 2. The lowest BCUT2D eigenvalue weighted by atomic mass is 10.1. The van der Waals surface area contributed by atoms with Crippen LogP contribution in [-0.4, -0.2) is 117 Å². The third-order valence-corrected chi connectivity index (χ3v) is 4.98. The number of azide groups is 2. The maximum atomic E-state index is 12.0. The molecule has 0 aromatic carbocycles. The van der Waals surface area contributed by atoms with E-state index in [9.17, 15) is 9.59 Å². The van der Waals surface area contributed by atoms with Crippen LogP contribution in [0.3, 0.4) is 0 Å². The van der Waals surface area contributed by atoms with E-state index >= 15 is 0 Å². The van der Waals surface area contributed by atoms with Crippen LogP contribution >= 0.6 is 0 Å². The Hall–Kier alpha value is -2.68. The second-order valence-corrected chi connectivity index (χ2v) is 8.22. The highest BCUT2D eigenvalue weighted by atomic mass is 16.5. The Kier molecular flexibility index (Phi) is 30.4. The van der Waals surface area contributed by atoms with Gasteiger partial charge in [-0.1, -0.05) is 16.6 Å². The number of rotatable bonds is 31. The summed E-state index contributed by atoms with van der Waals surface area (Å²) < 4.78 is 31.9. The van der Waals surface area contributed by atoms with E-state index in [0.29, 0.717) is 125 Å². The van der Waals surface area contributed by atoms with Crippen LogP contribution in [0, 0.1) is 0 Å². The predicted octanol–water partition coefficient (Wildman–Crippen LogP) is 2.92. The van der Waals surface area contributed by atoms with Gasteiger partial charge in [0.2, 0.25) is 0 Å². The van der Waals surface area contributed by atoms with Gasteiger partial charge in [0.05, 0.1) is 72.7 Å². The molecule has 2 amide bonds. The molecule has 0 heterocycles. The van der Waals surface area contributed by atoms with Crippen molar-refractivity contribution in [2.45, 2.75) is 38.5 Å². The van der Waals surface area contributed by atoms with E-state index in [4.69, 9.17) is 39.5 Å². The summed E-state index contributed by atoms with van der Waals surface area (Å²) in [4.78, 5) is 29.0. The molecule has 16 heteroatoms. The highest BCUT2D eigenvalue weighted by molar-refractivity contribution is 5.78. The van der Waals surface area contributed by atoms with E-state index in [1.165, 1.54) is 0 Å². The van der Waals surface area contributed by atoms with Gasteiger partial charge in [-0.2, -0.15) is 0 Å². The fraction of sp³-hybridized carbons (Fsp3) is 0.917. The lowest BCUT2D eigenvalue weighted by molar-refractivity contribution is -0.119. The number of ether oxygens (including phenoxy) is 6. The van der Waals surface area contributed by atoms with Crippen molar-refractivity contribution >= 4 is 11.8 Å². The second-order valence-electron chi connectivity index (χ2n) is 8.22. The van der Waals surface area contributed by atoms with E-state index in [1.54, 1.807) is 0 Å². The summed E-state index contributed by atoms with van der Waals surface area (Å²) in [5, 5.41) is 12.2. The Morgan fingerprint density at radius 1 is 0.525 bits per heavy atom. The zero-order valence-corrected chi connectivity index (χ0v) is 23.5. The maximum Gasteiger partial charge on any atom is 0.314 e. The Labute approximate surface area is 236 Å². The smallest absolute Gasteiger partial charge is 0.314 e. The molecule has 0 rings (SSSR count). The van der Waals surface area contributed by atoms with Gasteiger partial charge in [-0.3, -0.25) is 4.79 Å². The van der Waals surface area contributed by atoms with Crippen molar-refractivity contribution in [3.8, 4) is 0 Å². The standard InChI is InChI=1S/C24H46N8O8/c25-31-29-9-13-37-17-21-39-19-15-35-11-4-6-23(33)5-2-1-3-7-27-24(34)28-8-12-36-16-20-40-22-18-38-14-10-30-32-26/h1-22H2,(H2,27,28,34). The zero-order valence-electron chi connectivity index (χ0n) is 23.5. The van der Waals surface area contributed by atoms with Gasteiger partial charge in [-0.25, -0.2) is 4.79 Å². The van der Waals surface area contributed by atoms with Crippen molar-refractivity contribution in [3.63, 3.8) is 0 Å². The first-order chi connectivity index (χ1) is 19.7. The Morgan fingerprint density at radius 3 is 1.52 bits per heavy atom. The number of unbranched alkanes of at least 4 members (excludes halogenated alkanes) is 2. The summed E-state index contributed by atoms with van der Waals surface area (Å²) in [6.07, 6.45) is 4.22. The number of ketones is 1. The molecule has 0 aliphatic heterocycles. The third-order valence-electron chi connectivity index (χ3n) is 4.98. The van der Waals surface area contributed by atoms with Crippen LogP contribution in [-0.2, 0) is 33.2 Å². The van der Waals surface area contributed by atoms with Gasteiger partial charge in [0.25, 0.3) is 0 Å². The highest BCUT2D eigenvalue weighted by Crippen LogP contribution is 2.04. The minimum atomic E-state index is -0.241. The molecule has 0 saturated heterocycles. The summed E-state index contributed by atoms with van der Waals surface area (Å²) in [6, 6.07) is -0.241. The molecule has 0 aliphatic rings. The number of carbonyl (C=O) groups excluding carboxylic acids is 2. The topological polar surface area (TPSA) is 211 Å². The van der Waals surface area contributed by atoms with E-state index < -0.39 is 0 Å². The van der Waals surface area contributed by atoms with Gasteiger partial charge in [0.15, 0.2) is 0 Å². The van der Waals surface area contributed by atoms with Gasteiger partial charge in [-0.15, -0.1) is 0 Å². The summed E-state index contributed by atoms with van der Waals surface area (Å²) in [5.41, 5.74) is 16.3. The second kappa shape index (κ2) is 32.5. The van der Waals surface area contributed by atoms with E-state index in [-0.39, 0.29) is 11.8 Å². The van der Waals surface area contributed by atoms with E-state index in [1.807, 2.05) is 0 Å². The molecule has 230 valence electrons. The summed E-state index contributed by atoms with van der Waals surface area (Å²) in [6.45, 7) is 6.75. The van der Waals surface area contributed by atoms with Crippen molar-refractivity contribution in [2.24, 2.45) is 10.2 Å². The Balaban J connectivity index is 3.28. The summed E-state index contributed by atoms with van der Waals surface area (Å²) >= 11 is 0. The molecule has 0 radical (unpaired) electrons. The average Bonchev–Trinajstić information content (AvgIpc) is 2.95. The van der Waals surface area contributed by atoms with Crippen LogP contribution in [0.25, 0.3) is 20.9 Å². The first kappa shape index (κ1) is 37.3. The first-order valence-corrected chi connectivity index (χ1v) is 13.7. The Morgan fingerprint density at radius 2 is 0.975 bits per heavy atom. The zero-order chi connectivity index (χ0) is 29.2. The van der Waals surface area contributed by atoms with Crippen molar-refractivity contribution in [1.82, 2.24) is 10.6 Å². The van der Waals surface area contributed by atoms with Crippen molar-refractivity contribution < 1.29 is 38.0 Å². The molecule has 0 saturated carbocycles. The van der Waals surface area contributed by atoms with Crippen LogP contribution < -0.4 is 10.6 Å². The molecule has 40 heavy (non-hydrogen) atoms. The maximum absolute atomic E-state index is 12.0. The SMILES string of the molecule is [N-]=[N+]=NCCOCCOCCOCCCC(=O)CCCCCNC(=O)NCCOCCOCCOCCN=[N+]=[N-]. The van der Waals surface area contributed by atoms with Crippen molar-refractivity contribution in [1.29, 1.82) is 0 Å². The molecule has 0 atom stereocenters. The lowest BCUT2D eigenvalue weighted by Gasteiger charge is -2.09. The largest absolute Gasteiger partial charge is 0.379 e. The van der Waals surface area contributed by atoms with Crippen LogP contribution in [0.5, 0.6) is 0 Å². The normalized spacial score (nSPS) is 10.5. The molecule has 0 aromatic heterocycles. The number of amides is 2. The van der Waals surface area contributed by atoms with Gasteiger partial charge in [-0.05, 0) is 30.3 Å². The summed E-state index contributed by atoms with van der Waals surface area (Å²) in [7, 11) is 0. The predicted molar refractivity (Wildman–Crippen MR) is 147 cm³/mol. The molecular weight excluding hydrogens is 528 g/mol. The van der Waals surface area contributed by atoms with Gasteiger partial charge < -0.3 is 39.1 Å². The molecule has 0 unspecified atom stereocenters. The monoisotopic (exact) mass is 574 g/mol. The number of hydrogen-bond acceptors (Lipinski definition) is 10. The number of carbonyl (C=O) groups is 2. The minimum absolute atomic E-state index is 0.226. The van der Waals surface area contributed by atoms with Crippen molar-refractivity contribution in [3.05, 3.63) is 20.9 Å². The number of nitrogens with one attached hydrogen (secondary N) is 2. The summed E-state index contributed by atoms with van der Waals surface area (Å²) in [5.74, 6) is 0.226. The fourth-order valence-electron chi connectivity index (χ4n) is 3.01. The number of nitrogens with zero attached hydrogens (tertiary/aromatic N) is 6. The molecule has 0 aromatic rings. The van der Waals surface area contributed by atoms with Crippen LogP contribution in [0.1, 0.15) is 38.5 Å². The minimum Gasteiger partial charge on any atom is -0.379 e. The fourth-order valence-corrected chi connectivity index (χ4v) is 3.01. The molecule has 0 fully saturated rings. The number of Topliss-reactive ketones (excluding diaryl/α,β-unsaturated/α-hetero) is 1. The molecule has 2 N–H and O–H groups in total. The Bertz CT molecular complexity index is 648. The molecule has 0 spiro atoms. The van der Waals surface area contributed by atoms with Gasteiger partial charge in [0, 0.05) is 55.5 Å². The van der Waals surface area contributed by atoms with Crippen molar-refractivity contribution in [2.75, 3.05) is 105 Å². The molecule has 0 bridgehead atoms. The quantitative estimate of drug-likeness (QED) is 0.0542. The lowest BCUT2D eigenvalue weighted by Crippen LogP contribution is -2.37. The van der Waals surface area contributed by atoms with Crippen LogP contribution in [0.4, 0.5) is 4.79 Å².